The van der Waals surface area contributed by atoms with E-state index in [1.165, 1.54) is 12.0 Å². The average molecular weight is 370 g/mol. The molecule has 102 valence electrons. The van der Waals surface area contributed by atoms with Gasteiger partial charge in [0.2, 0.25) is 0 Å². The highest BCUT2D eigenvalue weighted by molar-refractivity contribution is 14.1. The second kappa shape index (κ2) is 5.40. The molecule has 2 aliphatic rings. The maximum atomic E-state index is 12.7. The summed E-state index contributed by atoms with van der Waals surface area (Å²) in [5, 5.41) is 3.54. The molecule has 2 unspecified atom stereocenters. The second-order valence-electron chi connectivity index (χ2n) is 5.59. The maximum Gasteiger partial charge on any atom is 0.254 e. The molecule has 0 radical (unpaired) electrons. The van der Waals surface area contributed by atoms with Crippen molar-refractivity contribution in [3.05, 3.63) is 32.9 Å². The first-order valence-corrected chi connectivity index (χ1v) is 8.02. The normalized spacial score (nSPS) is 26.3. The number of likely N-dealkylation sites (tertiary alicyclic amines) is 1. The minimum Gasteiger partial charge on any atom is -0.338 e. The molecule has 0 bridgehead atoms. The summed E-state index contributed by atoms with van der Waals surface area (Å²) < 4.78 is 1.09. The molecule has 1 aromatic rings. The van der Waals surface area contributed by atoms with Crippen LogP contribution in [0.3, 0.4) is 0 Å². The van der Waals surface area contributed by atoms with Crippen LogP contribution in [0.25, 0.3) is 0 Å². The Morgan fingerprint density at radius 3 is 3.11 bits per heavy atom. The van der Waals surface area contributed by atoms with Crippen LogP contribution in [0.1, 0.15) is 28.8 Å². The Hall–Kier alpha value is -0.620. The van der Waals surface area contributed by atoms with Gasteiger partial charge in [-0.25, -0.2) is 0 Å². The minimum atomic E-state index is 0.207. The molecule has 2 heterocycles. The highest BCUT2D eigenvalue weighted by atomic mass is 127. The van der Waals surface area contributed by atoms with Crippen LogP contribution in [-0.4, -0.2) is 36.5 Å². The summed E-state index contributed by atoms with van der Waals surface area (Å²) in [4.78, 5) is 14.7. The van der Waals surface area contributed by atoms with Crippen molar-refractivity contribution in [1.82, 2.24) is 10.2 Å². The van der Waals surface area contributed by atoms with E-state index in [1.807, 2.05) is 17.0 Å². The van der Waals surface area contributed by atoms with Crippen molar-refractivity contribution in [2.75, 3.05) is 19.6 Å². The number of piperidine rings is 1. The predicted molar refractivity (Wildman–Crippen MR) is 84.3 cm³/mol. The quantitative estimate of drug-likeness (QED) is 0.771. The van der Waals surface area contributed by atoms with E-state index >= 15 is 0 Å². The number of carbonyl (C=O) groups is 1. The van der Waals surface area contributed by atoms with E-state index in [-0.39, 0.29) is 5.91 Å². The summed E-state index contributed by atoms with van der Waals surface area (Å²) in [5.74, 6) is 0.860. The first-order chi connectivity index (χ1) is 9.16. The molecule has 0 saturated carbocycles. The molecular formula is C15H19IN2O. The third-order valence-corrected chi connectivity index (χ3v) is 5.80. The molecule has 2 aliphatic heterocycles. The molecule has 2 fully saturated rings. The summed E-state index contributed by atoms with van der Waals surface area (Å²) in [6.07, 6.45) is 2.30. The molecule has 3 nitrogen and oxygen atoms in total. The lowest BCUT2D eigenvalue weighted by atomic mass is 9.93. The second-order valence-corrected chi connectivity index (χ2v) is 6.66. The highest BCUT2D eigenvalue weighted by Crippen LogP contribution is 2.26. The van der Waals surface area contributed by atoms with Crippen LogP contribution in [0, 0.1) is 16.4 Å². The van der Waals surface area contributed by atoms with Gasteiger partial charge in [-0.3, -0.25) is 4.79 Å². The number of nitrogens with zero attached hydrogens (tertiary/aromatic N) is 1. The third kappa shape index (κ3) is 2.52. The topological polar surface area (TPSA) is 32.3 Å². The van der Waals surface area contributed by atoms with Gasteiger partial charge >= 0.3 is 0 Å². The molecule has 2 saturated heterocycles. The Morgan fingerprint density at radius 2 is 2.26 bits per heavy atom. The molecule has 1 amide bonds. The van der Waals surface area contributed by atoms with E-state index in [0.717, 1.165) is 35.2 Å². The Balaban J connectivity index is 1.79. The number of aryl methyl sites for hydroxylation is 1. The fourth-order valence-electron chi connectivity index (χ4n) is 3.21. The van der Waals surface area contributed by atoms with Gasteiger partial charge in [0.15, 0.2) is 0 Å². The number of fused-ring (bicyclic) bond motifs is 1. The lowest BCUT2D eigenvalue weighted by Crippen LogP contribution is -2.47. The van der Waals surface area contributed by atoms with E-state index in [9.17, 15) is 4.79 Å². The third-order valence-electron chi connectivity index (χ3n) is 4.37. The summed E-state index contributed by atoms with van der Waals surface area (Å²) in [7, 11) is 0. The largest absolute Gasteiger partial charge is 0.338 e. The molecule has 3 rings (SSSR count). The number of benzene rings is 1. The van der Waals surface area contributed by atoms with E-state index in [1.54, 1.807) is 0 Å². The zero-order valence-corrected chi connectivity index (χ0v) is 13.3. The first-order valence-electron chi connectivity index (χ1n) is 6.94. The van der Waals surface area contributed by atoms with E-state index < -0.39 is 0 Å². The van der Waals surface area contributed by atoms with E-state index in [2.05, 4.69) is 40.9 Å². The molecule has 1 aromatic carbocycles. The number of nitrogens with one attached hydrogen (secondary N) is 1. The lowest BCUT2D eigenvalue weighted by Gasteiger charge is -2.35. The van der Waals surface area contributed by atoms with Gasteiger partial charge in [0.25, 0.3) is 5.91 Å². The predicted octanol–water partition coefficient (Wildman–Crippen LogP) is 2.42. The Kier molecular flexibility index (Phi) is 3.80. The summed E-state index contributed by atoms with van der Waals surface area (Å²) in [6.45, 7) is 4.97. The number of rotatable bonds is 1. The van der Waals surface area contributed by atoms with Crippen LogP contribution in [0.5, 0.6) is 0 Å². The summed E-state index contributed by atoms with van der Waals surface area (Å²) in [5.41, 5.74) is 2.05. The Bertz CT molecular complexity index is 503. The van der Waals surface area contributed by atoms with Crippen molar-refractivity contribution in [2.24, 2.45) is 5.92 Å². The summed E-state index contributed by atoms with van der Waals surface area (Å²) in [6, 6.07) is 6.64. The molecule has 4 heteroatoms. The Labute approximate surface area is 127 Å². The van der Waals surface area contributed by atoms with Gasteiger partial charge in [-0.05, 0) is 66.4 Å². The van der Waals surface area contributed by atoms with Crippen molar-refractivity contribution in [2.45, 2.75) is 25.8 Å². The van der Waals surface area contributed by atoms with Crippen molar-refractivity contribution >= 4 is 28.5 Å². The van der Waals surface area contributed by atoms with E-state index in [4.69, 9.17) is 0 Å². The SMILES string of the molecule is Cc1cccc(C(=O)N2CCC3NCCC3C2)c1I. The van der Waals surface area contributed by atoms with Crippen molar-refractivity contribution in [3.63, 3.8) is 0 Å². The van der Waals surface area contributed by atoms with Crippen LogP contribution in [0.15, 0.2) is 18.2 Å². The van der Waals surface area contributed by atoms with Gasteiger partial charge in [0, 0.05) is 22.7 Å². The van der Waals surface area contributed by atoms with Crippen LogP contribution >= 0.6 is 22.6 Å². The molecule has 0 spiro atoms. The highest BCUT2D eigenvalue weighted by Gasteiger charge is 2.34. The van der Waals surface area contributed by atoms with Gasteiger partial charge in [-0.2, -0.15) is 0 Å². The zero-order chi connectivity index (χ0) is 13.4. The number of hydrogen-bond donors (Lipinski definition) is 1. The summed E-state index contributed by atoms with van der Waals surface area (Å²) >= 11 is 2.29. The maximum absolute atomic E-state index is 12.7. The van der Waals surface area contributed by atoms with Crippen LogP contribution < -0.4 is 5.32 Å². The van der Waals surface area contributed by atoms with Gasteiger partial charge in [0.1, 0.15) is 0 Å². The number of amides is 1. The van der Waals surface area contributed by atoms with Gasteiger partial charge < -0.3 is 10.2 Å². The molecule has 1 N–H and O–H groups in total. The van der Waals surface area contributed by atoms with Crippen LogP contribution in [0.2, 0.25) is 0 Å². The Morgan fingerprint density at radius 1 is 1.42 bits per heavy atom. The van der Waals surface area contributed by atoms with Gasteiger partial charge in [0.05, 0.1) is 5.56 Å². The molecular weight excluding hydrogens is 351 g/mol. The van der Waals surface area contributed by atoms with Crippen molar-refractivity contribution < 1.29 is 4.79 Å². The monoisotopic (exact) mass is 370 g/mol. The van der Waals surface area contributed by atoms with Gasteiger partial charge in [-0.1, -0.05) is 12.1 Å². The molecule has 0 aromatic heterocycles. The molecule has 19 heavy (non-hydrogen) atoms. The fourth-order valence-corrected chi connectivity index (χ4v) is 3.81. The zero-order valence-electron chi connectivity index (χ0n) is 11.2. The molecule has 2 atom stereocenters. The standard InChI is InChI=1S/C15H19IN2O/c1-10-3-2-4-12(14(10)16)15(19)18-8-6-13-11(9-18)5-7-17-13/h2-4,11,13,17H,5-9H2,1H3. The number of halogens is 1. The average Bonchev–Trinajstić information content (AvgIpc) is 2.88. The van der Waals surface area contributed by atoms with Crippen molar-refractivity contribution in [1.29, 1.82) is 0 Å². The fraction of sp³-hybridized carbons (Fsp3) is 0.533. The van der Waals surface area contributed by atoms with Crippen LogP contribution in [-0.2, 0) is 0 Å². The minimum absolute atomic E-state index is 0.207. The smallest absolute Gasteiger partial charge is 0.254 e. The lowest BCUT2D eigenvalue weighted by molar-refractivity contribution is 0.0661. The van der Waals surface area contributed by atoms with E-state index in [0.29, 0.717) is 12.0 Å². The van der Waals surface area contributed by atoms with Crippen LogP contribution in [0.4, 0.5) is 0 Å². The van der Waals surface area contributed by atoms with Crippen molar-refractivity contribution in [3.8, 4) is 0 Å². The molecule has 0 aliphatic carbocycles. The number of carbonyl (C=O) groups excluding carboxylic acids is 1. The number of hydrogen-bond acceptors (Lipinski definition) is 2. The van der Waals surface area contributed by atoms with Gasteiger partial charge in [-0.15, -0.1) is 0 Å². The first kappa shape index (κ1) is 13.4.